The van der Waals surface area contributed by atoms with Crippen molar-refractivity contribution < 1.29 is 4.42 Å². The number of rotatable bonds is 4. The molecule has 0 bridgehead atoms. The summed E-state index contributed by atoms with van der Waals surface area (Å²) in [5.74, 6) is 1.86. The van der Waals surface area contributed by atoms with Gasteiger partial charge in [-0.15, -0.1) is 0 Å². The van der Waals surface area contributed by atoms with Gasteiger partial charge in [0.2, 0.25) is 0 Å². The predicted molar refractivity (Wildman–Crippen MR) is 84.0 cm³/mol. The fourth-order valence-electron chi connectivity index (χ4n) is 1.92. The van der Waals surface area contributed by atoms with Gasteiger partial charge in [-0.25, -0.2) is 0 Å². The highest BCUT2D eigenvalue weighted by molar-refractivity contribution is 14.1. The molecule has 1 aromatic heterocycles. The van der Waals surface area contributed by atoms with Gasteiger partial charge < -0.3 is 9.73 Å². The molecule has 0 saturated carbocycles. The van der Waals surface area contributed by atoms with E-state index in [0.29, 0.717) is 0 Å². The van der Waals surface area contributed by atoms with Crippen LogP contribution in [0.4, 0.5) is 0 Å². The molecule has 0 saturated heterocycles. The van der Waals surface area contributed by atoms with E-state index in [1.807, 2.05) is 37.4 Å². The summed E-state index contributed by atoms with van der Waals surface area (Å²) in [4.78, 5) is 0. The third-order valence-electron chi connectivity index (χ3n) is 2.92. The molecule has 0 fully saturated rings. The Balaban J connectivity index is 2.34. The van der Waals surface area contributed by atoms with Gasteiger partial charge in [-0.2, -0.15) is 0 Å². The van der Waals surface area contributed by atoms with Gasteiger partial charge in [-0.05, 0) is 66.4 Å². The molecule has 1 atom stereocenters. The van der Waals surface area contributed by atoms with Crippen molar-refractivity contribution in [3.63, 3.8) is 0 Å². The lowest BCUT2D eigenvalue weighted by molar-refractivity contribution is 0.431. The summed E-state index contributed by atoms with van der Waals surface area (Å²) in [5.41, 5.74) is 1.08. The molecule has 2 aromatic rings. The summed E-state index contributed by atoms with van der Waals surface area (Å²) in [6.07, 6.45) is 1.00. The van der Waals surface area contributed by atoms with E-state index in [9.17, 15) is 0 Å². The van der Waals surface area contributed by atoms with Crippen LogP contribution < -0.4 is 5.32 Å². The van der Waals surface area contributed by atoms with Gasteiger partial charge in [-0.1, -0.05) is 18.5 Å². The molecular formula is C14H15ClINO. The Kier molecular flexibility index (Phi) is 4.70. The van der Waals surface area contributed by atoms with E-state index in [-0.39, 0.29) is 6.04 Å². The highest BCUT2D eigenvalue weighted by atomic mass is 127. The molecule has 2 rings (SSSR count). The minimum atomic E-state index is 0.267. The summed E-state index contributed by atoms with van der Waals surface area (Å²) in [7, 11) is 1.95. The Morgan fingerprint density at radius 1 is 1.33 bits per heavy atom. The van der Waals surface area contributed by atoms with Crippen molar-refractivity contribution in [2.75, 3.05) is 7.05 Å². The first-order valence-corrected chi connectivity index (χ1v) is 7.33. The van der Waals surface area contributed by atoms with Crippen molar-refractivity contribution in [2.24, 2.45) is 0 Å². The van der Waals surface area contributed by atoms with Gasteiger partial charge in [0.05, 0.1) is 6.04 Å². The normalized spacial score (nSPS) is 12.7. The molecule has 0 spiro atoms. The Labute approximate surface area is 126 Å². The van der Waals surface area contributed by atoms with Crippen LogP contribution in [-0.4, -0.2) is 7.05 Å². The van der Waals surface area contributed by atoms with Crippen LogP contribution >= 0.6 is 34.2 Å². The number of hydrogen-bond acceptors (Lipinski definition) is 2. The minimum absolute atomic E-state index is 0.267. The lowest BCUT2D eigenvalue weighted by Gasteiger charge is -2.10. The number of benzene rings is 1. The summed E-state index contributed by atoms with van der Waals surface area (Å²) < 4.78 is 7.02. The van der Waals surface area contributed by atoms with Crippen molar-refractivity contribution in [2.45, 2.75) is 19.4 Å². The second kappa shape index (κ2) is 6.08. The molecule has 1 unspecified atom stereocenters. The highest BCUT2D eigenvalue weighted by Gasteiger charge is 2.13. The fourth-order valence-corrected chi connectivity index (χ4v) is 3.06. The predicted octanol–water partition coefficient (Wildman–Crippen LogP) is 4.88. The topological polar surface area (TPSA) is 25.2 Å². The van der Waals surface area contributed by atoms with Crippen LogP contribution in [0.25, 0.3) is 11.3 Å². The van der Waals surface area contributed by atoms with E-state index in [4.69, 9.17) is 16.0 Å². The zero-order chi connectivity index (χ0) is 13.1. The molecule has 1 heterocycles. The molecule has 96 valence electrons. The van der Waals surface area contributed by atoms with Crippen LogP contribution in [0.1, 0.15) is 25.1 Å². The van der Waals surface area contributed by atoms with Crippen molar-refractivity contribution in [1.29, 1.82) is 0 Å². The maximum Gasteiger partial charge on any atom is 0.135 e. The first-order valence-electron chi connectivity index (χ1n) is 5.88. The van der Waals surface area contributed by atoms with E-state index in [0.717, 1.165) is 32.1 Å². The van der Waals surface area contributed by atoms with Crippen molar-refractivity contribution in [3.8, 4) is 11.3 Å². The summed E-state index contributed by atoms with van der Waals surface area (Å²) in [5, 5.41) is 3.99. The Bertz CT molecular complexity index is 534. The van der Waals surface area contributed by atoms with Gasteiger partial charge in [0.1, 0.15) is 11.5 Å². The van der Waals surface area contributed by atoms with Crippen LogP contribution in [0.2, 0.25) is 5.02 Å². The zero-order valence-electron chi connectivity index (χ0n) is 10.3. The van der Waals surface area contributed by atoms with E-state index < -0.39 is 0 Å². The van der Waals surface area contributed by atoms with Crippen LogP contribution in [0, 0.1) is 3.57 Å². The Morgan fingerprint density at radius 2 is 2.11 bits per heavy atom. The quantitative estimate of drug-likeness (QED) is 0.771. The molecule has 0 aliphatic carbocycles. The molecule has 0 amide bonds. The zero-order valence-corrected chi connectivity index (χ0v) is 13.2. The second-order valence-electron chi connectivity index (χ2n) is 4.08. The highest BCUT2D eigenvalue weighted by Crippen LogP contribution is 2.31. The van der Waals surface area contributed by atoms with Gasteiger partial charge in [0.15, 0.2) is 0 Å². The van der Waals surface area contributed by atoms with E-state index >= 15 is 0 Å². The van der Waals surface area contributed by atoms with Crippen LogP contribution in [0.3, 0.4) is 0 Å². The molecule has 4 heteroatoms. The first-order chi connectivity index (χ1) is 8.65. The van der Waals surface area contributed by atoms with Crippen molar-refractivity contribution in [1.82, 2.24) is 5.32 Å². The summed E-state index contributed by atoms with van der Waals surface area (Å²) in [6, 6.07) is 10.1. The minimum Gasteiger partial charge on any atom is -0.459 e. The number of furan rings is 1. The van der Waals surface area contributed by atoms with E-state index in [2.05, 4.69) is 34.8 Å². The van der Waals surface area contributed by atoms with Crippen molar-refractivity contribution >= 4 is 34.2 Å². The first kappa shape index (κ1) is 13.9. The Morgan fingerprint density at radius 3 is 2.72 bits per heavy atom. The molecule has 18 heavy (non-hydrogen) atoms. The molecule has 0 radical (unpaired) electrons. The average molecular weight is 376 g/mol. The van der Waals surface area contributed by atoms with E-state index in [1.54, 1.807) is 0 Å². The van der Waals surface area contributed by atoms with Crippen LogP contribution in [0.5, 0.6) is 0 Å². The number of hydrogen-bond donors (Lipinski definition) is 1. The maximum atomic E-state index is 5.96. The van der Waals surface area contributed by atoms with Gasteiger partial charge in [0.25, 0.3) is 0 Å². The third-order valence-corrected chi connectivity index (χ3v) is 4.05. The second-order valence-corrected chi connectivity index (χ2v) is 5.67. The number of nitrogens with one attached hydrogen (secondary N) is 1. The molecule has 0 aliphatic heterocycles. The van der Waals surface area contributed by atoms with E-state index in [1.165, 1.54) is 0 Å². The average Bonchev–Trinajstić information content (AvgIpc) is 2.80. The molecule has 2 nitrogen and oxygen atoms in total. The summed E-state index contributed by atoms with van der Waals surface area (Å²) >= 11 is 8.23. The van der Waals surface area contributed by atoms with Crippen LogP contribution in [0.15, 0.2) is 34.7 Å². The SMILES string of the molecule is CCC(NC)c1ccc(-c2ccc(Cl)cc2I)o1. The third kappa shape index (κ3) is 2.90. The van der Waals surface area contributed by atoms with Crippen molar-refractivity contribution in [3.05, 3.63) is 44.7 Å². The lowest BCUT2D eigenvalue weighted by Crippen LogP contribution is -2.14. The smallest absolute Gasteiger partial charge is 0.135 e. The monoisotopic (exact) mass is 375 g/mol. The summed E-state index contributed by atoms with van der Waals surface area (Å²) in [6.45, 7) is 2.13. The van der Waals surface area contributed by atoms with Gasteiger partial charge in [-0.3, -0.25) is 0 Å². The molecule has 0 aliphatic rings. The standard InChI is InChI=1S/C14H15ClINO/c1-3-12(17-2)14-7-6-13(18-14)10-5-4-9(15)8-11(10)16/h4-8,12,17H,3H2,1-2H3. The van der Waals surface area contributed by atoms with Crippen LogP contribution in [-0.2, 0) is 0 Å². The molecule has 1 aromatic carbocycles. The van der Waals surface area contributed by atoms with Gasteiger partial charge in [0, 0.05) is 14.2 Å². The fraction of sp³-hybridized carbons (Fsp3) is 0.286. The number of halogens is 2. The maximum absolute atomic E-state index is 5.96. The van der Waals surface area contributed by atoms with Gasteiger partial charge >= 0.3 is 0 Å². The lowest BCUT2D eigenvalue weighted by atomic mass is 10.1. The largest absolute Gasteiger partial charge is 0.459 e. The molecule has 1 N–H and O–H groups in total. The Hall–Kier alpha value is -0.520. The molecular weight excluding hydrogens is 361 g/mol.